The fourth-order valence-electron chi connectivity index (χ4n) is 2.21. The Morgan fingerprint density at radius 1 is 1.05 bits per heavy atom. The van der Waals surface area contributed by atoms with E-state index in [0.717, 1.165) is 16.5 Å². The van der Waals surface area contributed by atoms with E-state index in [4.69, 9.17) is 10.2 Å². The molecule has 3 aromatic rings. The molecule has 0 aliphatic heterocycles. The first-order valence-electron chi connectivity index (χ1n) is 6.70. The number of fused-ring (bicyclic) bond motifs is 1. The molecule has 0 saturated carbocycles. The van der Waals surface area contributed by atoms with Crippen LogP contribution in [0.5, 0.6) is 0 Å². The maximum Gasteiger partial charge on any atom is 0.291 e. The second-order valence-electron chi connectivity index (χ2n) is 5.20. The Bertz CT molecular complexity index is 834. The summed E-state index contributed by atoms with van der Waals surface area (Å²) in [6.45, 7) is 3.92. The van der Waals surface area contributed by atoms with Gasteiger partial charge in [-0.1, -0.05) is 18.2 Å². The number of nitrogen functional groups attached to an aromatic ring is 1. The van der Waals surface area contributed by atoms with Crippen molar-refractivity contribution in [3.63, 3.8) is 0 Å². The van der Waals surface area contributed by atoms with Gasteiger partial charge in [0, 0.05) is 5.39 Å². The molecule has 1 amide bonds. The summed E-state index contributed by atoms with van der Waals surface area (Å²) in [4.78, 5) is 12.3. The highest BCUT2D eigenvalue weighted by molar-refractivity contribution is 6.06. The molecule has 0 fully saturated rings. The maximum atomic E-state index is 12.3. The lowest BCUT2D eigenvalue weighted by molar-refractivity contribution is 0.0999. The van der Waals surface area contributed by atoms with Gasteiger partial charge in [-0.3, -0.25) is 4.79 Å². The number of hydrogen-bond acceptors (Lipinski definition) is 3. The average Bonchev–Trinajstić information content (AvgIpc) is 2.86. The first-order valence-corrected chi connectivity index (χ1v) is 6.70. The van der Waals surface area contributed by atoms with Crippen LogP contribution in [0.3, 0.4) is 0 Å². The van der Waals surface area contributed by atoms with Crippen molar-refractivity contribution >= 4 is 28.3 Å². The highest BCUT2D eigenvalue weighted by atomic mass is 16.3. The molecule has 1 heterocycles. The van der Waals surface area contributed by atoms with Gasteiger partial charge in [0.15, 0.2) is 5.76 Å². The first kappa shape index (κ1) is 13.2. The molecule has 2 aromatic carbocycles. The predicted octanol–water partition coefficient (Wildman–Crippen LogP) is 3.88. The van der Waals surface area contributed by atoms with E-state index in [0.29, 0.717) is 17.0 Å². The van der Waals surface area contributed by atoms with Crippen LogP contribution in [0.1, 0.15) is 21.7 Å². The Labute approximate surface area is 122 Å². The van der Waals surface area contributed by atoms with Crippen LogP contribution in [0.2, 0.25) is 0 Å². The molecule has 106 valence electrons. The summed E-state index contributed by atoms with van der Waals surface area (Å²) in [6, 6.07) is 13.1. The molecule has 0 aliphatic carbocycles. The number of carbonyl (C=O) groups excluding carboxylic acids is 1. The van der Waals surface area contributed by atoms with Crippen LogP contribution in [0.25, 0.3) is 11.0 Å². The minimum atomic E-state index is -0.304. The van der Waals surface area contributed by atoms with Gasteiger partial charge in [-0.05, 0) is 49.2 Å². The van der Waals surface area contributed by atoms with Crippen LogP contribution in [-0.4, -0.2) is 5.91 Å². The molecule has 0 spiro atoms. The van der Waals surface area contributed by atoms with Gasteiger partial charge in [0.25, 0.3) is 5.91 Å². The van der Waals surface area contributed by atoms with Gasteiger partial charge in [0.1, 0.15) is 5.58 Å². The summed E-state index contributed by atoms with van der Waals surface area (Å²) in [5.74, 6) is -0.0299. The standard InChI is InChI=1S/C17H16N2O2/c1-10-4-6-13(18)14(7-10)19-17(20)16-9-12-5-3-11(2)8-15(12)21-16/h3-9H,18H2,1-2H3,(H,19,20). The zero-order valence-corrected chi connectivity index (χ0v) is 11.9. The van der Waals surface area contributed by atoms with E-state index in [1.54, 1.807) is 12.1 Å². The van der Waals surface area contributed by atoms with Crippen molar-refractivity contribution in [2.24, 2.45) is 0 Å². The monoisotopic (exact) mass is 280 g/mol. The van der Waals surface area contributed by atoms with Gasteiger partial charge in [-0.2, -0.15) is 0 Å². The van der Waals surface area contributed by atoms with E-state index in [2.05, 4.69) is 5.32 Å². The molecular formula is C17H16N2O2. The number of aryl methyl sites for hydroxylation is 2. The van der Waals surface area contributed by atoms with E-state index < -0.39 is 0 Å². The van der Waals surface area contributed by atoms with Crippen molar-refractivity contribution < 1.29 is 9.21 Å². The van der Waals surface area contributed by atoms with Crippen molar-refractivity contribution in [1.82, 2.24) is 0 Å². The SMILES string of the molecule is Cc1ccc(N)c(NC(=O)c2cc3ccc(C)cc3o2)c1. The predicted molar refractivity (Wildman–Crippen MR) is 84.5 cm³/mol. The van der Waals surface area contributed by atoms with E-state index in [1.165, 1.54) is 0 Å². The molecule has 0 saturated heterocycles. The van der Waals surface area contributed by atoms with Crippen LogP contribution >= 0.6 is 0 Å². The largest absolute Gasteiger partial charge is 0.451 e. The molecule has 0 atom stereocenters. The second-order valence-corrected chi connectivity index (χ2v) is 5.20. The highest BCUT2D eigenvalue weighted by Crippen LogP contribution is 2.24. The molecule has 0 aliphatic rings. The van der Waals surface area contributed by atoms with Crippen LogP contribution in [0.4, 0.5) is 11.4 Å². The van der Waals surface area contributed by atoms with Crippen LogP contribution in [0, 0.1) is 13.8 Å². The number of furan rings is 1. The lowest BCUT2D eigenvalue weighted by Gasteiger charge is -2.07. The maximum absolute atomic E-state index is 12.3. The molecule has 0 unspecified atom stereocenters. The minimum Gasteiger partial charge on any atom is -0.451 e. The summed E-state index contributed by atoms with van der Waals surface area (Å²) >= 11 is 0. The summed E-state index contributed by atoms with van der Waals surface area (Å²) in [5.41, 5.74) is 9.81. The van der Waals surface area contributed by atoms with Gasteiger partial charge in [-0.25, -0.2) is 0 Å². The normalized spacial score (nSPS) is 10.8. The van der Waals surface area contributed by atoms with Crippen LogP contribution < -0.4 is 11.1 Å². The zero-order chi connectivity index (χ0) is 15.0. The van der Waals surface area contributed by atoms with Crippen molar-refractivity contribution in [3.05, 3.63) is 59.4 Å². The van der Waals surface area contributed by atoms with Crippen LogP contribution in [-0.2, 0) is 0 Å². The summed E-state index contributed by atoms with van der Waals surface area (Å²) in [5, 5.41) is 3.69. The first-order chi connectivity index (χ1) is 10.0. The van der Waals surface area contributed by atoms with Crippen molar-refractivity contribution in [2.45, 2.75) is 13.8 Å². The van der Waals surface area contributed by atoms with E-state index in [-0.39, 0.29) is 11.7 Å². The third kappa shape index (κ3) is 2.60. The summed E-state index contributed by atoms with van der Waals surface area (Å²) < 4.78 is 5.60. The topological polar surface area (TPSA) is 68.3 Å². The van der Waals surface area contributed by atoms with Crippen LogP contribution in [0.15, 0.2) is 46.9 Å². The van der Waals surface area contributed by atoms with Gasteiger partial charge in [0.2, 0.25) is 0 Å². The number of benzene rings is 2. The number of rotatable bonds is 2. The molecule has 0 bridgehead atoms. The number of nitrogens with one attached hydrogen (secondary N) is 1. The smallest absolute Gasteiger partial charge is 0.291 e. The molecule has 4 nitrogen and oxygen atoms in total. The average molecular weight is 280 g/mol. The molecule has 4 heteroatoms. The molecular weight excluding hydrogens is 264 g/mol. The number of hydrogen-bond donors (Lipinski definition) is 2. The van der Waals surface area contributed by atoms with Gasteiger partial charge in [-0.15, -0.1) is 0 Å². The lowest BCUT2D eigenvalue weighted by atomic mass is 10.2. The summed E-state index contributed by atoms with van der Waals surface area (Å²) in [7, 11) is 0. The Morgan fingerprint density at radius 3 is 2.57 bits per heavy atom. The van der Waals surface area contributed by atoms with E-state index in [1.807, 2.05) is 44.2 Å². The fourth-order valence-corrected chi connectivity index (χ4v) is 2.21. The second kappa shape index (κ2) is 4.98. The van der Waals surface area contributed by atoms with Crippen molar-refractivity contribution in [1.29, 1.82) is 0 Å². The molecule has 3 rings (SSSR count). The molecule has 21 heavy (non-hydrogen) atoms. The Morgan fingerprint density at radius 2 is 1.76 bits per heavy atom. The number of anilines is 2. The fraction of sp³-hybridized carbons (Fsp3) is 0.118. The van der Waals surface area contributed by atoms with E-state index in [9.17, 15) is 4.79 Å². The van der Waals surface area contributed by atoms with Crippen molar-refractivity contribution in [3.8, 4) is 0 Å². The third-order valence-electron chi connectivity index (χ3n) is 3.36. The molecule has 3 N–H and O–H groups in total. The highest BCUT2D eigenvalue weighted by Gasteiger charge is 2.13. The zero-order valence-electron chi connectivity index (χ0n) is 11.9. The summed E-state index contributed by atoms with van der Waals surface area (Å²) in [6.07, 6.45) is 0. The van der Waals surface area contributed by atoms with Gasteiger partial charge >= 0.3 is 0 Å². The third-order valence-corrected chi connectivity index (χ3v) is 3.36. The Kier molecular flexibility index (Phi) is 3.14. The Hall–Kier alpha value is -2.75. The Balaban J connectivity index is 1.91. The van der Waals surface area contributed by atoms with Gasteiger partial charge in [0.05, 0.1) is 11.4 Å². The van der Waals surface area contributed by atoms with E-state index >= 15 is 0 Å². The number of amides is 1. The lowest BCUT2D eigenvalue weighted by Crippen LogP contribution is -2.12. The van der Waals surface area contributed by atoms with Crippen molar-refractivity contribution in [2.75, 3.05) is 11.1 Å². The quantitative estimate of drug-likeness (QED) is 0.700. The molecule has 0 radical (unpaired) electrons. The number of nitrogens with two attached hydrogens (primary N) is 1. The van der Waals surface area contributed by atoms with Gasteiger partial charge < -0.3 is 15.5 Å². The number of carbonyl (C=O) groups is 1. The minimum absolute atomic E-state index is 0.275. The molecule has 1 aromatic heterocycles.